The average Bonchev–Trinajstić information content (AvgIpc) is 3.17. The number of halogens is 3. The number of nitrogens with zero attached hydrogens (tertiary/aromatic N) is 1. The zero-order chi connectivity index (χ0) is 20.3. The third kappa shape index (κ3) is 4.32. The number of methoxy groups -OCH3 is 2. The number of alkyl halides is 3. The molecule has 0 unspecified atom stereocenters. The molecule has 0 bridgehead atoms. The van der Waals surface area contributed by atoms with Crippen LogP contribution in [0, 0.1) is 0 Å². The molecule has 0 radical (unpaired) electrons. The predicted octanol–water partition coefficient (Wildman–Crippen LogP) is 5.26. The Morgan fingerprint density at radius 3 is 2.54 bits per heavy atom. The van der Waals surface area contributed by atoms with E-state index < -0.39 is 11.7 Å². The molecule has 2 aromatic carbocycles. The lowest BCUT2D eigenvalue weighted by atomic mass is 10.0. The molecule has 0 saturated carbocycles. The van der Waals surface area contributed by atoms with Gasteiger partial charge in [0.2, 0.25) is 0 Å². The molecule has 28 heavy (non-hydrogen) atoms. The van der Waals surface area contributed by atoms with Gasteiger partial charge in [-0.25, -0.2) is 0 Å². The molecule has 1 atom stereocenters. The fourth-order valence-corrected chi connectivity index (χ4v) is 3.72. The van der Waals surface area contributed by atoms with Gasteiger partial charge < -0.3 is 19.7 Å². The van der Waals surface area contributed by atoms with E-state index in [4.69, 9.17) is 21.7 Å². The summed E-state index contributed by atoms with van der Waals surface area (Å²) in [7, 11) is 3.15. The summed E-state index contributed by atoms with van der Waals surface area (Å²) in [4.78, 5) is 2.00. The maximum absolute atomic E-state index is 12.9. The molecule has 2 aromatic rings. The molecule has 1 N–H and O–H groups in total. The highest BCUT2D eigenvalue weighted by molar-refractivity contribution is 7.80. The fourth-order valence-electron chi connectivity index (χ4n) is 3.38. The van der Waals surface area contributed by atoms with Crippen LogP contribution in [0.1, 0.15) is 30.0 Å². The van der Waals surface area contributed by atoms with Gasteiger partial charge in [-0.1, -0.05) is 12.1 Å². The molecule has 1 aliphatic rings. The Morgan fingerprint density at radius 2 is 1.86 bits per heavy atom. The van der Waals surface area contributed by atoms with Crippen LogP contribution < -0.4 is 14.8 Å². The van der Waals surface area contributed by atoms with E-state index in [0.29, 0.717) is 22.3 Å². The zero-order valence-electron chi connectivity index (χ0n) is 15.5. The quantitative estimate of drug-likeness (QED) is 0.696. The first kappa shape index (κ1) is 20.3. The number of thiocarbonyl (C=S) groups is 1. The minimum atomic E-state index is -4.39. The number of benzene rings is 2. The van der Waals surface area contributed by atoms with Crippen LogP contribution in [0.2, 0.25) is 0 Å². The van der Waals surface area contributed by atoms with Gasteiger partial charge in [0.25, 0.3) is 0 Å². The van der Waals surface area contributed by atoms with Gasteiger partial charge in [0, 0.05) is 12.2 Å². The Kier molecular flexibility index (Phi) is 5.98. The Labute approximate surface area is 167 Å². The lowest BCUT2D eigenvalue weighted by Crippen LogP contribution is -2.34. The van der Waals surface area contributed by atoms with Gasteiger partial charge in [0.1, 0.15) is 0 Å². The molecule has 0 aromatic heterocycles. The van der Waals surface area contributed by atoms with Crippen molar-refractivity contribution in [3.05, 3.63) is 53.6 Å². The lowest BCUT2D eigenvalue weighted by molar-refractivity contribution is -0.137. The highest BCUT2D eigenvalue weighted by Crippen LogP contribution is 2.37. The molecule has 0 aliphatic carbocycles. The number of ether oxygens (including phenoxy) is 2. The Bertz CT molecular complexity index is 858. The van der Waals surface area contributed by atoms with E-state index in [-0.39, 0.29) is 6.04 Å². The van der Waals surface area contributed by atoms with Gasteiger partial charge in [-0.2, -0.15) is 13.2 Å². The Balaban J connectivity index is 1.79. The summed E-state index contributed by atoms with van der Waals surface area (Å²) in [5, 5.41) is 3.35. The summed E-state index contributed by atoms with van der Waals surface area (Å²) in [6.07, 6.45) is -2.57. The third-order valence-corrected chi connectivity index (χ3v) is 5.08. The van der Waals surface area contributed by atoms with Crippen LogP contribution in [0.3, 0.4) is 0 Å². The SMILES string of the molecule is COc1ccc([C@H]2CCCN2C(=S)Nc2cccc(C(F)(F)F)c2)cc1OC. The predicted molar refractivity (Wildman–Crippen MR) is 106 cm³/mol. The van der Waals surface area contributed by atoms with Gasteiger partial charge in [0.15, 0.2) is 16.6 Å². The van der Waals surface area contributed by atoms with Gasteiger partial charge in [0.05, 0.1) is 25.8 Å². The van der Waals surface area contributed by atoms with Gasteiger partial charge >= 0.3 is 6.18 Å². The highest BCUT2D eigenvalue weighted by Gasteiger charge is 2.31. The maximum atomic E-state index is 12.9. The molecule has 8 heteroatoms. The molecule has 1 aliphatic heterocycles. The Hall–Kier alpha value is -2.48. The molecule has 1 saturated heterocycles. The van der Waals surface area contributed by atoms with Crippen molar-refractivity contribution in [2.45, 2.75) is 25.1 Å². The number of likely N-dealkylation sites (tertiary alicyclic amines) is 1. The van der Waals surface area contributed by atoms with Crippen molar-refractivity contribution >= 4 is 23.0 Å². The van der Waals surface area contributed by atoms with Crippen LogP contribution in [-0.4, -0.2) is 30.8 Å². The zero-order valence-corrected chi connectivity index (χ0v) is 16.4. The van der Waals surface area contributed by atoms with Crippen molar-refractivity contribution in [3.8, 4) is 11.5 Å². The second-order valence-corrected chi connectivity index (χ2v) is 6.86. The summed E-state index contributed by atoms with van der Waals surface area (Å²) in [6, 6.07) is 10.8. The molecular formula is C20H21F3N2O2S. The number of hydrogen-bond donors (Lipinski definition) is 1. The lowest BCUT2D eigenvalue weighted by Gasteiger charge is -2.28. The summed E-state index contributed by atoms with van der Waals surface area (Å²) < 4.78 is 49.4. The first-order valence-electron chi connectivity index (χ1n) is 8.80. The summed E-state index contributed by atoms with van der Waals surface area (Å²) in [6.45, 7) is 0.726. The third-order valence-electron chi connectivity index (χ3n) is 4.75. The maximum Gasteiger partial charge on any atom is 0.416 e. The standard InChI is InChI=1S/C20H21F3N2O2S/c1-26-17-9-8-13(11-18(17)27-2)16-7-4-10-25(16)19(28)24-15-6-3-5-14(12-15)20(21,22)23/h3,5-6,8-9,11-12,16H,4,7,10H2,1-2H3,(H,24,28)/t16-/m1/s1. The second-order valence-electron chi connectivity index (χ2n) is 6.47. The summed E-state index contributed by atoms with van der Waals surface area (Å²) in [5.41, 5.74) is 0.624. The second kappa shape index (κ2) is 8.26. The molecule has 4 nitrogen and oxygen atoms in total. The molecule has 0 amide bonds. The van der Waals surface area contributed by atoms with Crippen molar-refractivity contribution in [2.24, 2.45) is 0 Å². The topological polar surface area (TPSA) is 33.7 Å². The van der Waals surface area contributed by atoms with E-state index in [1.54, 1.807) is 20.3 Å². The van der Waals surface area contributed by atoms with E-state index >= 15 is 0 Å². The van der Waals surface area contributed by atoms with E-state index in [9.17, 15) is 13.2 Å². The molecule has 150 valence electrons. The monoisotopic (exact) mass is 410 g/mol. The van der Waals surface area contributed by atoms with Gasteiger partial charge in [-0.05, 0) is 61.0 Å². The average molecular weight is 410 g/mol. The van der Waals surface area contributed by atoms with Crippen LogP contribution in [-0.2, 0) is 6.18 Å². The van der Waals surface area contributed by atoms with Crippen LogP contribution in [0.25, 0.3) is 0 Å². The van der Waals surface area contributed by atoms with Crippen LogP contribution in [0.5, 0.6) is 11.5 Å². The normalized spacial score (nSPS) is 16.8. The number of anilines is 1. The van der Waals surface area contributed by atoms with E-state index in [2.05, 4.69) is 5.32 Å². The number of nitrogens with one attached hydrogen (secondary N) is 1. The summed E-state index contributed by atoms with van der Waals surface area (Å²) in [5.74, 6) is 1.27. The molecular weight excluding hydrogens is 389 g/mol. The van der Waals surface area contributed by atoms with Crippen LogP contribution in [0.15, 0.2) is 42.5 Å². The Morgan fingerprint density at radius 1 is 1.11 bits per heavy atom. The van der Waals surface area contributed by atoms with Crippen molar-refractivity contribution < 1.29 is 22.6 Å². The first-order chi connectivity index (χ1) is 13.3. The number of rotatable bonds is 4. The molecule has 3 rings (SSSR count). The first-order valence-corrected chi connectivity index (χ1v) is 9.21. The minimum Gasteiger partial charge on any atom is -0.493 e. The van der Waals surface area contributed by atoms with Crippen molar-refractivity contribution in [3.63, 3.8) is 0 Å². The summed E-state index contributed by atoms with van der Waals surface area (Å²) >= 11 is 5.50. The van der Waals surface area contributed by atoms with Crippen LogP contribution in [0.4, 0.5) is 18.9 Å². The van der Waals surface area contributed by atoms with Crippen molar-refractivity contribution in [1.82, 2.24) is 4.90 Å². The number of hydrogen-bond acceptors (Lipinski definition) is 3. The van der Waals surface area contributed by atoms with Crippen molar-refractivity contribution in [2.75, 3.05) is 26.1 Å². The van der Waals surface area contributed by atoms with Crippen LogP contribution >= 0.6 is 12.2 Å². The van der Waals surface area contributed by atoms with Gasteiger partial charge in [-0.3, -0.25) is 0 Å². The largest absolute Gasteiger partial charge is 0.493 e. The van der Waals surface area contributed by atoms with Gasteiger partial charge in [-0.15, -0.1) is 0 Å². The van der Waals surface area contributed by atoms with E-state index in [0.717, 1.165) is 37.1 Å². The fraction of sp³-hybridized carbons (Fsp3) is 0.350. The molecule has 1 fully saturated rings. The molecule has 0 spiro atoms. The van der Waals surface area contributed by atoms with Crippen molar-refractivity contribution in [1.29, 1.82) is 0 Å². The smallest absolute Gasteiger partial charge is 0.416 e. The highest BCUT2D eigenvalue weighted by atomic mass is 32.1. The van der Waals surface area contributed by atoms with E-state index in [1.165, 1.54) is 6.07 Å². The molecule has 1 heterocycles. The van der Waals surface area contributed by atoms with E-state index in [1.807, 2.05) is 23.1 Å². The minimum absolute atomic E-state index is 0.0191.